The van der Waals surface area contributed by atoms with Crippen LogP contribution in [0.4, 0.5) is 0 Å². The Balaban J connectivity index is 1.56. The summed E-state index contributed by atoms with van der Waals surface area (Å²) in [5, 5.41) is 5.41. The second-order valence-corrected chi connectivity index (χ2v) is 9.62. The second-order valence-electron chi connectivity index (χ2n) is 8.70. The van der Waals surface area contributed by atoms with Gasteiger partial charge in [0.05, 0.1) is 22.4 Å². The summed E-state index contributed by atoms with van der Waals surface area (Å²) in [4.78, 5) is 23.0. The number of halogens is 1. The van der Waals surface area contributed by atoms with E-state index in [4.69, 9.17) is 19.2 Å². The first-order chi connectivity index (χ1) is 17.6. The summed E-state index contributed by atoms with van der Waals surface area (Å²) in [6.07, 6.45) is 1.60. The molecule has 3 aromatic carbocycles. The largest absolute Gasteiger partial charge is 0.437 e. The second kappa shape index (κ2) is 7.86. The van der Waals surface area contributed by atoms with E-state index in [2.05, 4.69) is 20.9 Å². The van der Waals surface area contributed by atoms with E-state index < -0.39 is 11.5 Å². The number of aromatic nitrogens is 4. The van der Waals surface area contributed by atoms with Crippen LogP contribution in [0.1, 0.15) is 28.2 Å². The molecule has 174 valence electrons. The molecule has 1 aliphatic rings. The molecule has 0 radical (unpaired) electrons. The van der Waals surface area contributed by atoms with Crippen LogP contribution in [0.3, 0.4) is 0 Å². The number of hydrogen-bond donors (Lipinski definition) is 0. The molecule has 0 bridgehead atoms. The van der Waals surface area contributed by atoms with Crippen LogP contribution in [0.25, 0.3) is 28.0 Å². The lowest BCUT2D eigenvalue weighted by Crippen LogP contribution is -2.22. The van der Waals surface area contributed by atoms with E-state index in [1.807, 2.05) is 73.7 Å². The van der Waals surface area contributed by atoms with Gasteiger partial charge in [0.15, 0.2) is 17.2 Å². The molecule has 1 aliphatic heterocycles. The monoisotopic (exact) mass is 536 g/mol. The number of nitrogens with zero attached hydrogens (tertiary/aromatic N) is 4. The Hall–Kier alpha value is -4.30. The number of fused-ring (bicyclic) bond motifs is 6. The summed E-state index contributed by atoms with van der Waals surface area (Å²) in [6.45, 7) is 2.02. The number of benzene rings is 3. The van der Waals surface area contributed by atoms with Gasteiger partial charge >= 0.3 is 5.63 Å². The van der Waals surface area contributed by atoms with Crippen LogP contribution in [0.2, 0.25) is 0 Å². The zero-order chi connectivity index (χ0) is 24.4. The van der Waals surface area contributed by atoms with Crippen molar-refractivity contribution in [3.8, 4) is 23.0 Å². The Morgan fingerprint density at radius 1 is 0.972 bits per heavy atom. The Labute approximate surface area is 213 Å². The molecule has 0 N–H and O–H groups in total. The number of rotatable bonds is 2. The summed E-state index contributed by atoms with van der Waals surface area (Å²) in [6, 6.07) is 23.1. The molecule has 36 heavy (non-hydrogen) atoms. The average Bonchev–Trinajstić information content (AvgIpc) is 3.32. The predicted molar refractivity (Wildman–Crippen MR) is 139 cm³/mol. The average molecular weight is 537 g/mol. The fraction of sp³-hybridized carbons (Fsp3) is 0.0714. The minimum atomic E-state index is -0.521. The van der Waals surface area contributed by atoms with Crippen LogP contribution < -0.4 is 10.4 Å². The number of aryl methyl sites for hydroxylation is 1. The topological polar surface area (TPSA) is 82.5 Å². The van der Waals surface area contributed by atoms with Gasteiger partial charge in [0.25, 0.3) is 0 Å². The highest BCUT2D eigenvalue weighted by molar-refractivity contribution is 9.10. The molecule has 0 fully saturated rings. The van der Waals surface area contributed by atoms with Gasteiger partial charge in [-0.2, -0.15) is 0 Å². The zero-order valence-electron chi connectivity index (χ0n) is 19.0. The highest BCUT2D eigenvalue weighted by Gasteiger charge is 2.37. The van der Waals surface area contributed by atoms with Crippen molar-refractivity contribution in [2.24, 2.45) is 0 Å². The highest BCUT2D eigenvalue weighted by Crippen LogP contribution is 2.49. The number of ether oxygens (including phenoxy) is 1. The Kier molecular flexibility index (Phi) is 4.59. The molecule has 4 heterocycles. The van der Waals surface area contributed by atoms with Gasteiger partial charge in [0, 0.05) is 10.0 Å². The number of hydrogen-bond acceptors (Lipinski definition) is 6. The van der Waals surface area contributed by atoms with Crippen LogP contribution in [-0.2, 0) is 0 Å². The van der Waals surface area contributed by atoms with Gasteiger partial charge in [-0.15, -0.1) is 5.10 Å². The molecule has 6 aromatic rings. The van der Waals surface area contributed by atoms with Crippen molar-refractivity contribution in [3.05, 3.63) is 116 Å². The van der Waals surface area contributed by atoms with Gasteiger partial charge in [-0.25, -0.2) is 19.3 Å². The smallest absolute Gasteiger partial charge is 0.344 e. The van der Waals surface area contributed by atoms with Gasteiger partial charge in [0.1, 0.15) is 11.9 Å². The van der Waals surface area contributed by atoms with E-state index in [1.165, 1.54) is 0 Å². The maximum absolute atomic E-state index is 13.4. The first kappa shape index (κ1) is 21.0. The van der Waals surface area contributed by atoms with Gasteiger partial charge in [-0.1, -0.05) is 64.5 Å². The highest BCUT2D eigenvalue weighted by atomic mass is 79.9. The van der Waals surface area contributed by atoms with Crippen molar-refractivity contribution in [3.63, 3.8) is 0 Å². The van der Waals surface area contributed by atoms with Crippen LogP contribution >= 0.6 is 15.9 Å². The van der Waals surface area contributed by atoms with Crippen LogP contribution in [-0.4, -0.2) is 19.6 Å². The molecule has 0 aliphatic carbocycles. The van der Waals surface area contributed by atoms with Gasteiger partial charge in [-0.05, 0) is 42.3 Å². The van der Waals surface area contributed by atoms with Crippen molar-refractivity contribution >= 4 is 32.5 Å². The summed E-state index contributed by atoms with van der Waals surface area (Å²) in [7, 11) is 0. The first-order valence-corrected chi connectivity index (χ1v) is 12.2. The summed E-state index contributed by atoms with van der Waals surface area (Å²) >= 11 is 3.58. The molecule has 1 unspecified atom stereocenters. The molecular weight excluding hydrogens is 520 g/mol. The van der Waals surface area contributed by atoms with Gasteiger partial charge < -0.3 is 9.15 Å². The molecule has 0 spiro atoms. The fourth-order valence-electron chi connectivity index (χ4n) is 4.89. The normalized spacial score (nSPS) is 14.4. The van der Waals surface area contributed by atoms with Crippen LogP contribution in [0.15, 0.2) is 92.8 Å². The Bertz CT molecular complexity index is 1890. The minimum absolute atomic E-state index is 0.388. The van der Waals surface area contributed by atoms with Gasteiger partial charge in [0.2, 0.25) is 5.88 Å². The SMILES string of the molecule is Cc1ccccc1-c1nc2c3c(ncn2n1)Oc1c(c(=O)oc2ccccc12)C3c1cccc(Br)c1. The van der Waals surface area contributed by atoms with E-state index in [0.717, 1.165) is 21.2 Å². The van der Waals surface area contributed by atoms with Crippen molar-refractivity contribution < 1.29 is 9.15 Å². The first-order valence-electron chi connectivity index (χ1n) is 11.4. The van der Waals surface area contributed by atoms with E-state index in [0.29, 0.717) is 45.2 Å². The molecule has 0 amide bonds. The maximum Gasteiger partial charge on any atom is 0.344 e. The Morgan fingerprint density at radius 3 is 2.67 bits per heavy atom. The quantitative estimate of drug-likeness (QED) is 0.243. The van der Waals surface area contributed by atoms with E-state index in [-0.39, 0.29) is 0 Å². The third-order valence-corrected chi connectivity index (χ3v) is 7.02. The predicted octanol–water partition coefficient (Wildman–Crippen LogP) is 6.25. The van der Waals surface area contributed by atoms with E-state index >= 15 is 0 Å². The van der Waals surface area contributed by atoms with Crippen molar-refractivity contribution in [2.75, 3.05) is 0 Å². The van der Waals surface area contributed by atoms with E-state index in [9.17, 15) is 4.79 Å². The molecular formula is C28H17BrN4O3. The van der Waals surface area contributed by atoms with Crippen molar-refractivity contribution in [2.45, 2.75) is 12.8 Å². The lowest BCUT2D eigenvalue weighted by molar-refractivity contribution is 0.422. The number of para-hydroxylation sites is 1. The minimum Gasteiger partial charge on any atom is -0.437 e. The molecule has 0 saturated carbocycles. The third-order valence-electron chi connectivity index (χ3n) is 6.53. The fourth-order valence-corrected chi connectivity index (χ4v) is 5.30. The van der Waals surface area contributed by atoms with Crippen LogP contribution in [0.5, 0.6) is 11.6 Å². The summed E-state index contributed by atoms with van der Waals surface area (Å²) in [5.74, 6) is 0.897. The van der Waals surface area contributed by atoms with Crippen LogP contribution in [0, 0.1) is 6.92 Å². The standard InChI is InChI=1S/C28H17BrN4O3/c1-15-7-2-3-10-18(15)25-31-26-23-21(16-8-6-9-17(29)13-16)22-24(36-27(23)30-14-33(26)32-25)19-11-4-5-12-20(19)35-28(22)34/h2-14,21H,1H3. The van der Waals surface area contributed by atoms with Crippen molar-refractivity contribution in [1.29, 1.82) is 0 Å². The zero-order valence-corrected chi connectivity index (χ0v) is 20.6. The molecule has 7 nitrogen and oxygen atoms in total. The molecule has 3 aromatic heterocycles. The summed E-state index contributed by atoms with van der Waals surface area (Å²) < 4.78 is 14.6. The molecule has 7 rings (SSSR count). The lowest BCUT2D eigenvalue weighted by atomic mass is 9.84. The molecule has 8 heteroatoms. The van der Waals surface area contributed by atoms with Crippen molar-refractivity contribution in [1.82, 2.24) is 19.6 Å². The molecule has 0 saturated heterocycles. The summed E-state index contributed by atoms with van der Waals surface area (Å²) in [5.41, 5.74) is 4.52. The maximum atomic E-state index is 13.4. The van der Waals surface area contributed by atoms with Gasteiger partial charge in [-0.3, -0.25) is 0 Å². The third kappa shape index (κ3) is 3.11. The Morgan fingerprint density at radius 2 is 1.81 bits per heavy atom. The lowest BCUT2D eigenvalue weighted by Gasteiger charge is -2.27. The molecule has 1 atom stereocenters. The van der Waals surface area contributed by atoms with E-state index in [1.54, 1.807) is 16.9 Å².